The van der Waals surface area contributed by atoms with Crippen molar-refractivity contribution in [3.63, 3.8) is 0 Å². The van der Waals surface area contributed by atoms with Crippen molar-refractivity contribution < 1.29 is 4.74 Å². The van der Waals surface area contributed by atoms with Crippen molar-refractivity contribution in [2.24, 2.45) is 0 Å². The molecular weight excluding hydrogens is 351 g/mol. The highest BCUT2D eigenvalue weighted by atomic mass is 127. The van der Waals surface area contributed by atoms with Gasteiger partial charge in [-0.15, -0.1) is 0 Å². The van der Waals surface area contributed by atoms with Crippen LogP contribution in [0.3, 0.4) is 0 Å². The van der Waals surface area contributed by atoms with E-state index in [1.54, 1.807) is 6.20 Å². The molecule has 3 rings (SSSR count). The minimum absolute atomic E-state index is 0.535. The first-order valence-electron chi connectivity index (χ1n) is 5.90. The maximum Gasteiger partial charge on any atom is 0.149 e. The summed E-state index contributed by atoms with van der Waals surface area (Å²) in [5.41, 5.74) is 1.99. The van der Waals surface area contributed by atoms with Gasteiger partial charge in [0.2, 0.25) is 0 Å². The highest BCUT2D eigenvalue weighted by molar-refractivity contribution is 14.1. The van der Waals surface area contributed by atoms with Crippen molar-refractivity contribution >= 4 is 33.5 Å². The number of aromatic nitrogens is 2. The fourth-order valence-corrected chi connectivity index (χ4v) is 2.35. The molecule has 0 bridgehead atoms. The Balaban J connectivity index is 1.90. The Morgan fingerprint density at radius 3 is 2.74 bits per heavy atom. The summed E-state index contributed by atoms with van der Waals surface area (Å²) in [6.07, 6.45) is 1.67. The highest BCUT2D eigenvalue weighted by Gasteiger charge is 2.05. The van der Waals surface area contributed by atoms with Gasteiger partial charge in [-0.1, -0.05) is 30.3 Å². The van der Waals surface area contributed by atoms with Crippen LogP contribution < -0.4 is 4.74 Å². The standard InChI is InChI=1S/C15H11IN2O/c16-12-6-7-14-13(8-12)15(9-17-18-14)19-10-11-4-2-1-3-5-11/h1-9H,10H2. The topological polar surface area (TPSA) is 35.0 Å². The maximum absolute atomic E-state index is 5.85. The van der Waals surface area contributed by atoms with Gasteiger partial charge < -0.3 is 4.74 Å². The molecule has 4 heteroatoms. The van der Waals surface area contributed by atoms with Crippen LogP contribution in [0.2, 0.25) is 0 Å². The third-order valence-electron chi connectivity index (χ3n) is 2.80. The predicted octanol–water partition coefficient (Wildman–Crippen LogP) is 3.81. The first-order valence-corrected chi connectivity index (χ1v) is 6.98. The molecule has 0 N–H and O–H groups in total. The van der Waals surface area contributed by atoms with Crippen LogP contribution in [-0.4, -0.2) is 10.2 Å². The molecule has 0 unspecified atom stereocenters. The second-order valence-electron chi connectivity index (χ2n) is 4.14. The average Bonchev–Trinajstić information content (AvgIpc) is 2.46. The van der Waals surface area contributed by atoms with Gasteiger partial charge in [-0.25, -0.2) is 0 Å². The molecule has 1 aromatic heterocycles. The fourth-order valence-electron chi connectivity index (χ4n) is 1.86. The van der Waals surface area contributed by atoms with Gasteiger partial charge in [0, 0.05) is 8.96 Å². The minimum Gasteiger partial charge on any atom is -0.487 e. The number of hydrogen-bond acceptors (Lipinski definition) is 3. The maximum atomic E-state index is 5.85. The molecule has 0 saturated heterocycles. The quantitative estimate of drug-likeness (QED) is 0.665. The van der Waals surface area contributed by atoms with Gasteiger partial charge >= 0.3 is 0 Å². The number of ether oxygens (including phenoxy) is 1. The zero-order valence-corrected chi connectivity index (χ0v) is 12.2. The fraction of sp³-hybridized carbons (Fsp3) is 0.0667. The number of hydrogen-bond donors (Lipinski definition) is 0. The average molecular weight is 362 g/mol. The van der Waals surface area contributed by atoms with E-state index in [-0.39, 0.29) is 0 Å². The molecular formula is C15H11IN2O. The summed E-state index contributed by atoms with van der Waals surface area (Å²) in [6, 6.07) is 16.1. The van der Waals surface area contributed by atoms with Crippen molar-refractivity contribution in [2.75, 3.05) is 0 Å². The molecule has 0 saturated carbocycles. The molecule has 3 aromatic rings. The summed E-state index contributed by atoms with van der Waals surface area (Å²) in [6.45, 7) is 0.535. The molecule has 19 heavy (non-hydrogen) atoms. The van der Waals surface area contributed by atoms with Crippen LogP contribution in [0.15, 0.2) is 54.7 Å². The number of benzene rings is 2. The van der Waals surface area contributed by atoms with Crippen LogP contribution in [0, 0.1) is 3.57 Å². The predicted molar refractivity (Wildman–Crippen MR) is 83.0 cm³/mol. The molecule has 0 aliphatic rings. The van der Waals surface area contributed by atoms with Crippen LogP contribution in [0.25, 0.3) is 10.9 Å². The molecule has 94 valence electrons. The van der Waals surface area contributed by atoms with Crippen LogP contribution in [0.5, 0.6) is 5.75 Å². The lowest BCUT2D eigenvalue weighted by Gasteiger charge is -2.08. The van der Waals surface area contributed by atoms with Gasteiger partial charge in [-0.05, 0) is 46.4 Å². The lowest BCUT2D eigenvalue weighted by Crippen LogP contribution is -1.97. The van der Waals surface area contributed by atoms with Gasteiger partial charge in [0.1, 0.15) is 12.4 Å². The van der Waals surface area contributed by atoms with E-state index in [9.17, 15) is 0 Å². The molecule has 0 aliphatic carbocycles. The largest absolute Gasteiger partial charge is 0.487 e. The highest BCUT2D eigenvalue weighted by Crippen LogP contribution is 2.25. The summed E-state index contributed by atoms with van der Waals surface area (Å²) >= 11 is 2.28. The number of nitrogens with zero attached hydrogens (tertiary/aromatic N) is 2. The molecule has 3 nitrogen and oxygen atoms in total. The monoisotopic (exact) mass is 362 g/mol. The Labute approximate surface area is 124 Å². The van der Waals surface area contributed by atoms with Crippen molar-refractivity contribution in [1.82, 2.24) is 10.2 Å². The zero-order chi connectivity index (χ0) is 13.1. The Morgan fingerprint density at radius 2 is 1.89 bits per heavy atom. The third kappa shape index (κ3) is 2.84. The van der Waals surface area contributed by atoms with Gasteiger partial charge in [-0.2, -0.15) is 10.2 Å². The van der Waals surface area contributed by atoms with Crippen LogP contribution >= 0.6 is 22.6 Å². The Morgan fingerprint density at radius 1 is 1.05 bits per heavy atom. The summed E-state index contributed by atoms with van der Waals surface area (Å²) in [5, 5.41) is 9.08. The van der Waals surface area contributed by atoms with E-state index in [1.165, 1.54) is 0 Å². The SMILES string of the molecule is Ic1ccc2nncc(OCc3ccccc3)c2c1. The summed E-state index contributed by atoms with van der Waals surface area (Å²) in [5.74, 6) is 0.771. The van der Waals surface area contributed by atoms with Crippen molar-refractivity contribution in [1.29, 1.82) is 0 Å². The Kier molecular flexibility index (Phi) is 3.59. The van der Waals surface area contributed by atoms with Gasteiger partial charge in [0.15, 0.2) is 0 Å². The lowest BCUT2D eigenvalue weighted by atomic mass is 10.2. The first-order chi connectivity index (χ1) is 9.33. The van der Waals surface area contributed by atoms with E-state index >= 15 is 0 Å². The second kappa shape index (κ2) is 5.52. The molecule has 0 spiro atoms. The molecule has 0 aliphatic heterocycles. The van der Waals surface area contributed by atoms with Crippen LogP contribution in [0.4, 0.5) is 0 Å². The number of fused-ring (bicyclic) bond motifs is 1. The Bertz CT molecular complexity index is 701. The number of halogens is 1. The van der Waals surface area contributed by atoms with E-state index in [2.05, 4.69) is 38.9 Å². The van der Waals surface area contributed by atoms with Gasteiger partial charge in [0.05, 0.1) is 11.7 Å². The molecule has 0 amide bonds. The summed E-state index contributed by atoms with van der Waals surface area (Å²) in [7, 11) is 0. The molecule has 1 heterocycles. The first kappa shape index (κ1) is 12.3. The molecule has 0 fully saturated rings. The summed E-state index contributed by atoms with van der Waals surface area (Å²) < 4.78 is 7.01. The van der Waals surface area contributed by atoms with Gasteiger partial charge in [-0.3, -0.25) is 0 Å². The smallest absolute Gasteiger partial charge is 0.149 e. The van der Waals surface area contributed by atoms with E-state index in [0.717, 1.165) is 25.8 Å². The molecule has 2 aromatic carbocycles. The van der Waals surface area contributed by atoms with E-state index in [1.807, 2.05) is 42.5 Å². The van der Waals surface area contributed by atoms with Crippen molar-refractivity contribution in [3.05, 3.63) is 63.9 Å². The summed E-state index contributed by atoms with van der Waals surface area (Å²) in [4.78, 5) is 0. The Hall–Kier alpha value is -1.69. The van der Waals surface area contributed by atoms with Gasteiger partial charge in [0.25, 0.3) is 0 Å². The third-order valence-corrected chi connectivity index (χ3v) is 3.47. The normalized spacial score (nSPS) is 10.6. The van der Waals surface area contributed by atoms with Crippen LogP contribution in [0.1, 0.15) is 5.56 Å². The zero-order valence-electron chi connectivity index (χ0n) is 10.1. The van der Waals surface area contributed by atoms with Crippen molar-refractivity contribution in [3.8, 4) is 5.75 Å². The van der Waals surface area contributed by atoms with Crippen LogP contribution in [-0.2, 0) is 6.61 Å². The number of rotatable bonds is 3. The van der Waals surface area contributed by atoms with E-state index in [0.29, 0.717) is 6.61 Å². The minimum atomic E-state index is 0.535. The lowest BCUT2D eigenvalue weighted by molar-refractivity contribution is 0.308. The van der Waals surface area contributed by atoms with Crippen molar-refractivity contribution in [2.45, 2.75) is 6.61 Å². The second-order valence-corrected chi connectivity index (χ2v) is 5.39. The van der Waals surface area contributed by atoms with E-state index in [4.69, 9.17) is 4.74 Å². The van der Waals surface area contributed by atoms with E-state index < -0.39 is 0 Å². The molecule has 0 radical (unpaired) electrons. The molecule has 0 atom stereocenters.